The number of carbonyl (C=O) groups is 1. The van der Waals surface area contributed by atoms with E-state index >= 15 is 0 Å². The number of anilines is 1. The average molecular weight is 257 g/mol. The summed E-state index contributed by atoms with van der Waals surface area (Å²) in [6, 6.07) is 7.32. The maximum atomic E-state index is 11.7. The van der Waals surface area contributed by atoms with Crippen molar-refractivity contribution in [3.05, 3.63) is 30.0 Å². The van der Waals surface area contributed by atoms with Crippen LogP contribution in [0.5, 0.6) is 0 Å². The number of H-pyrrole nitrogens is 1. The van der Waals surface area contributed by atoms with Gasteiger partial charge in [0.05, 0.1) is 11.6 Å². The molecular weight excluding hydrogens is 242 g/mol. The summed E-state index contributed by atoms with van der Waals surface area (Å²) in [7, 11) is 0. The van der Waals surface area contributed by atoms with Crippen molar-refractivity contribution in [3.63, 3.8) is 0 Å². The van der Waals surface area contributed by atoms with Crippen molar-refractivity contribution in [2.24, 2.45) is 0 Å². The zero-order chi connectivity index (χ0) is 14.0. The lowest BCUT2D eigenvalue weighted by Crippen LogP contribution is -2.27. The van der Waals surface area contributed by atoms with Crippen LogP contribution >= 0.6 is 0 Å². The van der Waals surface area contributed by atoms with Crippen LogP contribution in [0.4, 0.5) is 10.5 Å². The Morgan fingerprint density at radius 2 is 2.16 bits per heavy atom. The van der Waals surface area contributed by atoms with Gasteiger partial charge in [0.2, 0.25) is 0 Å². The Bertz CT molecular complexity index is 659. The van der Waals surface area contributed by atoms with E-state index in [0.29, 0.717) is 11.3 Å². The van der Waals surface area contributed by atoms with Gasteiger partial charge >= 0.3 is 6.09 Å². The van der Waals surface area contributed by atoms with E-state index in [0.717, 1.165) is 10.9 Å². The first-order valence-electron chi connectivity index (χ1n) is 5.90. The Kier molecular flexibility index (Phi) is 3.17. The van der Waals surface area contributed by atoms with Gasteiger partial charge in [-0.3, -0.25) is 5.32 Å². The van der Waals surface area contributed by atoms with E-state index < -0.39 is 11.7 Å². The van der Waals surface area contributed by atoms with Gasteiger partial charge in [0.15, 0.2) is 0 Å². The molecule has 1 aromatic carbocycles. The maximum absolute atomic E-state index is 11.7. The lowest BCUT2D eigenvalue weighted by Gasteiger charge is -2.19. The summed E-state index contributed by atoms with van der Waals surface area (Å²) >= 11 is 0. The molecule has 0 fully saturated rings. The third kappa shape index (κ3) is 3.05. The van der Waals surface area contributed by atoms with E-state index in [1.807, 2.05) is 6.07 Å². The van der Waals surface area contributed by atoms with Crippen LogP contribution in [0.25, 0.3) is 10.9 Å². The lowest BCUT2D eigenvalue weighted by molar-refractivity contribution is 0.0636. The van der Waals surface area contributed by atoms with Gasteiger partial charge in [-0.05, 0) is 39.0 Å². The number of hydrogen-bond acceptors (Lipinski definition) is 3. The summed E-state index contributed by atoms with van der Waals surface area (Å²) < 4.78 is 5.17. The molecule has 0 saturated carbocycles. The number of ether oxygens (including phenoxy) is 1. The summed E-state index contributed by atoms with van der Waals surface area (Å²) in [5.74, 6) is 0. The van der Waals surface area contributed by atoms with E-state index in [4.69, 9.17) is 10.00 Å². The monoisotopic (exact) mass is 257 g/mol. The van der Waals surface area contributed by atoms with Crippen molar-refractivity contribution in [1.82, 2.24) is 4.98 Å². The molecule has 0 radical (unpaired) electrons. The minimum atomic E-state index is -0.557. The molecule has 0 aliphatic rings. The molecule has 2 N–H and O–H groups in total. The molecule has 19 heavy (non-hydrogen) atoms. The highest BCUT2D eigenvalue weighted by Gasteiger charge is 2.16. The summed E-state index contributed by atoms with van der Waals surface area (Å²) in [5.41, 5.74) is 1.27. The quantitative estimate of drug-likeness (QED) is 0.822. The first-order chi connectivity index (χ1) is 8.89. The van der Waals surface area contributed by atoms with Crippen molar-refractivity contribution >= 4 is 22.7 Å². The molecule has 0 bridgehead atoms. The highest BCUT2D eigenvalue weighted by atomic mass is 16.6. The smallest absolute Gasteiger partial charge is 0.412 e. The average Bonchev–Trinajstić information content (AvgIpc) is 2.73. The van der Waals surface area contributed by atoms with Crippen LogP contribution in [0.3, 0.4) is 0 Å². The molecule has 1 amide bonds. The van der Waals surface area contributed by atoms with Crippen molar-refractivity contribution in [1.29, 1.82) is 5.26 Å². The number of rotatable bonds is 1. The molecule has 2 rings (SSSR count). The number of aromatic nitrogens is 1. The van der Waals surface area contributed by atoms with Crippen molar-refractivity contribution in [2.75, 3.05) is 5.32 Å². The van der Waals surface area contributed by atoms with Gasteiger partial charge in [-0.25, -0.2) is 4.79 Å². The van der Waals surface area contributed by atoms with E-state index in [2.05, 4.69) is 16.4 Å². The molecule has 5 heteroatoms. The van der Waals surface area contributed by atoms with Crippen LogP contribution in [0.15, 0.2) is 24.4 Å². The molecule has 98 valence electrons. The van der Waals surface area contributed by atoms with Gasteiger partial charge < -0.3 is 9.72 Å². The third-order valence-corrected chi connectivity index (χ3v) is 2.43. The van der Waals surface area contributed by atoms with Crippen LogP contribution in [-0.4, -0.2) is 16.7 Å². The lowest BCUT2D eigenvalue weighted by atomic mass is 10.1. The number of fused-ring (bicyclic) bond motifs is 1. The van der Waals surface area contributed by atoms with Crippen molar-refractivity contribution < 1.29 is 9.53 Å². The number of carbonyl (C=O) groups excluding carboxylic acids is 1. The number of benzene rings is 1. The highest BCUT2D eigenvalue weighted by molar-refractivity contribution is 5.93. The van der Waals surface area contributed by atoms with Crippen LogP contribution in [0.2, 0.25) is 0 Å². The Morgan fingerprint density at radius 3 is 2.79 bits per heavy atom. The zero-order valence-electron chi connectivity index (χ0n) is 11.1. The van der Waals surface area contributed by atoms with Crippen LogP contribution in [0.1, 0.15) is 26.3 Å². The van der Waals surface area contributed by atoms with Crippen LogP contribution in [-0.2, 0) is 4.74 Å². The minimum Gasteiger partial charge on any atom is -0.444 e. The minimum absolute atomic E-state index is 0.504. The Balaban J connectivity index is 2.26. The maximum Gasteiger partial charge on any atom is 0.412 e. The van der Waals surface area contributed by atoms with E-state index in [-0.39, 0.29) is 0 Å². The van der Waals surface area contributed by atoms with Gasteiger partial charge in [0.25, 0.3) is 0 Å². The second-order valence-corrected chi connectivity index (χ2v) is 5.20. The molecule has 0 spiro atoms. The SMILES string of the molecule is CC(C)(C)OC(=O)Nc1cc(C#N)c2cc[nH]c2c1. The summed E-state index contributed by atoms with van der Waals surface area (Å²) in [6.45, 7) is 5.38. The second kappa shape index (κ2) is 4.65. The Labute approximate surface area is 111 Å². The number of amides is 1. The Morgan fingerprint density at radius 1 is 1.42 bits per heavy atom. The highest BCUT2D eigenvalue weighted by Crippen LogP contribution is 2.23. The number of nitrogens with one attached hydrogen (secondary N) is 2. The molecule has 0 atom stereocenters. The fourth-order valence-electron chi connectivity index (χ4n) is 1.75. The molecule has 0 saturated heterocycles. The molecule has 1 aromatic heterocycles. The van der Waals surface area contributed by atoms with Crippen molar-refractivity contribution in [2.45, 2.75) is 26.4 Å². The molecule has 2 aromatic rings. The predicted octanol–water partition coefficient (Wildman–Crippen LogP) is 3.39. The topological polar surface area (TPSA) is 77.9 Å². The number of nitriles is 1. The van der Waals surface area contributed by atoms with Gasteiger partial charge in [0.1, 0.15) is 5.60 Å². The number of hydrogen-bond donors (Lipinski definition) is 2. The standard InChI is InChI=1S/C14H15N3O2/c1-14(2,3)19-13(18)17-10-6-9(8-15)11-4-5-16-12(11)7-10/h4-7,16H,1-3H3,(H,17,18). The first-order valence-corrected chi connectivity index (χ1v) is 5.90. The fourth-order valence-corrected chi connectivity index (χ4v) is 1.75. The molecule has 0 aliphatic heterocycles. The fraction of sp³-hybridized carbons (Fsp3) is 0.286. The largest absolute Gasteiger partial charge is 0.444 e. The summed E-state index contributed by atoms with van der Waals surface area (Å²) in [4.78, 5) is 14.7. The molecular formula is C14H15N3O2. The van der Waals surface area contributed by atoms with Crippen LogP contribution in [0, 0.1) is 11.3 Å². The van der Waals surface area contributed by atoms with Crippen molar-refractivity contribution in [3.8, 4) is 6.07 Å². The normalized spacial score (nSPS) is 11.1. The first kappa shape index (κ1) is 13.0. The molecule has 1 heterocycles. The zero-order valence-corrected chi connectivity index (χ0v) is 11.1. The summed E-state index contributed by atoms with van der Waals surface area (Å²) in [5, 5.41) is 12.5. The van der Waals surface area contributed by atoms with Gasteiger partial charge in [-0.2, -0.15) is 5.26 Å². The third-order valence-electron chi connectivity index (χ3n) is 2.43. The second-order valence-electron chi connectivity index (χ2n) is 5.20. The number of nitrogens with zero attached hydrogens (tertiary/aromatic N) is 1. The molecule has 0 unspecified atom stereocenters. The van der Waals surface area contributed by atoms with E-state index in [9.17, 15) is 4.79 Å². The van der Waals surface area contributed by atoms with Crippen LogP contribution < -0.4 is 5.32 Å². The van der Waals surface area contributed by atoms with Gasteiger partial charge in [0, 0.05) is 22.8 Å². The number of aromatic amines is 1. The van der Waals surface area contributed by atoms with Gasteiger partial charge in [-0.15, -0.1) is 0 Å². The van der Waals surface area contributed by atoms with E-state index in [1.54, 1.807) is 39.1 Å². The van der Waals surface area contributed by atoms with Gasteiger partial charge in [-0.1, -0.05) is 0 Å². The molecule has 0 aliphatic carbocycles. The Hall–Kier alpha value is -2.48. The predicted molar refractivity (Wildman–Crippen MR) is 72.9 cm³/mol. The summed E-state index contributed by atoms with van der Waals surface area (Å²) in [6.07, 6.45) is 1.21. The molecule has 5 nitrogen and oxygen atoms in total. The van der Waals surface area contributed by atoms with E-state index in [1.165, 1.54) is 0 Å².